The molecule has 0 spiro atoms. The topological polar surface area (TPSA) is 56.9 Å². The first-order valence-corrected chi connectivity index (χ1v) is 14.9. The zero-order valence-corrected chi connectivity index (χ0v) is 24.2. The molecule has 0 unspecified atom stereocenters. The number of rotatable bonds is 5. The summed E-state index contributed by atoms with van der Waals surface area (Å²) < 4.78 is 2.68. The van der Waals surface area contributed by atoms with Crippen molar-refractivity contribution in [1.29, 1.82) is 0 Å². The van der Waals surface area contributed by atoms with Crippen molar-refractivity contribution < 1.29 is 0 Å². The van der Waals surface area contributed by atoms with Gasteiger partial charge >= 0.3 is 11.4 Å². The van der Waals surface area contributed by atoms with Crippen LogP contribution in [0, 0.1) is 0 Å². The molecule has 1 aliphatic rings. The van der Waals surface area contributed by atoms with E-state index in [-0.39, 0.29) is 0 Å². The van der Waals surface area contributed by atoms with Crippen LogP contribution in [0.5, 0.6) is 0 Å². The van der Waals surface area contributed by atoms with Gasteiger partial charge in [-0.1, -0.05) is 140 Å². The van der Waals surface area contributed by atoms with E-state index in [1.54, 1.807) is 28.8 Å². The van der Waals surface area contributed by atoms with Gasteiger partial charge in [0.15, 0.2) is 5.82 Å². The van der Waals surface area contributed by atoms with Crippen LogP contribution in [0.25, 0.3) is 33.9 Å². The van der Waals surface area contributed by atoms with Crippen molar-refractivity contribution >= 4 is 0 Å². The van der Waals surface area contributed by atoms with Crippen molar-refractivity contribution in [2.75, 3.05) is 0 Å². The minimum absolute atomic E-state index is 0.298. The number of fused-ring (bicyclic) bond motifs is 3. The maximum Gasteiger partial charge on any atom is 0.358 e. The largest absolute Gasteiger partial charge is 0.358 e. The number of hydrogen-bond donors (Lipinski definition) is 0. The highest BCUT2D eigenvalue weighted by molar-refractivity contribution is 5.94. The number of benzene rings is 6. The standard InChI is InChI=1S/C40H27N3O2/c44-38-41-37(42(30-20-9-3-10-21-30)39(45)43(38)31-22-11-4-12-23-31)33-25-15-27-35-36(33)32-24-13-14-26-34(32)40(35,28-16-5-1-6-17-28)29-18-7-2-8-19-29/h1-27H. The van der Waals surface area contributed by atoms with Crippen LogP contribution < -0.4 is 11.4 Å². The number of hydrogen-bond acceptors (Lipinski definition) is 3. The van der Waals surface area contributed by atoms with Crippen molar-refractivity contribution in [3.63, 3.8) is 0 Å². The lowest BCUT2D eigenvalue weighted by molar-refractivity contribution is 0.753. The fraction of sp³-hybridized carbons (Fsp3) is 0.0250. The summed E-state index contributed by atoms with van der Waals surface area (Å²) in [5, 5.41) is 0. The molecule has 0 N–H and O–H groups in total. The van der Waals surface area contributed by atoms with Gasteiger partial charge in [0.05, 0.1) is 16.8 Å². The van der Waals surface area contributed by atoms with Gasteiger partial charge in [-0.25, -0.2) is 18.7 Å². The van der Waals surface area contributed by atoms with E-state index in [1.807, 2.05) is 66.7 Å². The average molecular weight is 582 g/mol. The van der Waals surface area contributed by atoms with Gasteiger partial charge in [-0.05, 0) is 57.6 Å². The van der Waals surface area contributed by atoms with Crippen LogP contribution in [0.3, 0.4) is 0 Å². The molecule has 45 heavy (non-hydrogen) atoms. The van der Waals surface area contributed by atoms with Gasteiger partial charge < -0.3 is 0 Å². The van der Waals surface area contributed by atoms with E-state index in [9.17, 15) is 9.59 Å². The molecule has 5 heteroatoms. The molecule has 0 atom stereocenters. The summed E-state index contributed by atoms with van der Waals surface area (Å²) in [6, 6.07) is 53.9. The SMILES string of the molecule is O=c1nc(-c2cccc3c2-c2ccccc2C3(c2ccccc2)c2ccccc2)n(-c2ccccc2)c(=O)n1-c1ccccc1. The van der Waals surface area contributed by atoms with Crippen molar-refractivity contribution in [3.05, 3.63) is 207 Å². The normalized spacial score (nSPS) is 12.8. The molecule has 7 aromatic rings. The van der Waals surface area contributed by atoms with E-state index in [1.165, 1.54) is 0 Å². The van der Waals surface area contributed by atoms with Gasteiger partial charge in [-0.3, -0.25) is 0 Å². The quantitative estimate of drug-likeness (QED) is 0.213. The predicted octanol–water partition coefficient (Wildman–Crippen LogP) is 7.41. The third kappa shape index (κ3) is 3.98. The van der Waals surface area contributed by atoms with Crippen LogP contribution in [0.4, 0.5) is 0 Å². The Labute approximate surface area is 260 Å². The summed E-state index contributed by atoms with van der Waals surface area (Å²) in [7, 11) is 0. The molecule has 0 saturated carbocycles. The summed E-state index contributed by atoms with van der Waals surface area (Å²) in [6.45, 7) is 0. The van der Waals surface area contributed by atoms with Crippen LogP contribution in [0.2, 0.25) is 0 Å². The number of nitrogens with zero attached hydrogens (tertiary/aromatic N) is 3. The van der Waals surface area contributed by atoms with Gasteiger partial charge in [0, 0.05) is 5.56 Å². The maximum atomic E-state index is 14.4. The first-order valence-electron chi connectivity index (χ1n) is 14.9. The Bertz CT molecular complexity index is 2250. The van der Waals surface area contributed by atoms with Crippen molar-refractivity contribution in [3.8, 4) is 33.9 Å². The summed E-state index contributed by atoms with van der Waals surface area (Å²) in [5.74, 6) is 0.298. The van der Waals surface area contributed by atoms with Gasteiger partial charge in [0.25, 0.3) is 0 Å². The molecular formula is C40H27N3O2. The highest BCUT2D eigenvalue weighted by Gasteiger charge is 2.47. The monoisotopic (exact) mass is 581 g/mol. The Hall–Kier alpha value is -6.07. The van der Waals surface area contributed by atoms with E-state index in [0.29, 0.717) is 22.8 Å². The molecular weight excluding hydrogens is 554 g/mol. The Morgan fingerprint density at radius 3 is 1.51 bits per heavy atom. The molecule has 8 rings (SSSR count). The Morgan fingerprint density at radius 2 is 0.911 bits per heavy atom. The molecule has 1 aliphatic carbocycles. The second-order valence-electron chi connectivity index (χ2n) is 11.1. The lowest BCUT2D eigenvalue weighted by Gasteiger charge is -2.34. The number of aromatic nitrogens is 3. The average Bonchev–Trinajstić information content (AvgIpc) is 3.41. The Kier molecular flexibility index (Phi) is 6.24. The minimum atomic E-state index is -0.630. The lowest BCUT2D eigenvalue weighted by atomic mass is 9.67. The molecule has 0 radical (unpaired) electrons. The van der Waals surface area contributed by atoms with E-state index in [0.717, 1.165) is 37.9 Å². The minimum Gasteiger partial charge on any atom is -0.247 e. The van der Waals surface area contributed by atoms with E-state index >= 15 is 0 Å². The van der Waals surface area contributed by atoms with Crippen molar-refractivity contribution in [2.24, 2.45) is 0 Å². The van der Waals surface area contributed by atoms with E-state index < -0.39 is 16.8 Å². The molecule has 0 bridgehead atoms. The summed E-state index contributed by atoms with van der Waals surface area (Å²) >= 11 is 0. The highest BCUT2D eigenvalue weighted by Crippen LogP contribution is 2.57. The maximum absolute atomic E-state index is 14.4. The second-order valence-corrected chi connectivity index (χ2v) is 11.1. The smallest absolute Gasteiger partial charge is 0.247 e. The molecule has 5 nitrogen and oxygen atoms in total. The molecule has 214 valence electrons. The second kappa shape index (κ2) is 10.6. The van der Waals surface area contributed by atoms with Crippen LogP contribution in [0.1, 0.15) is 22.3 Å². The molecule has 6 aromatic carbocycles. The fourth-order valence-electron chi connectivity index (χ4n) is 6.93. The summed E-state index contributed by atoms with van der Waals surface area (Å²) in [4.78, 5) is 32.8. The third-order valence-corrected chi connectivity index (χ3v) is 8.74. The first-order chi connectivity index (χ1) is 22.2. The Balaban J connectivity index is 1.51. The number of para-hydroxylation sites is 2. The van der Waals surface area contributed by atoms with Crippen LogP contribution >= 0.6 is 0 Å². The summed E-state index contributed by atoms with van der Waals surface area (Å²) in [5.41, 5.74) is 6.52. The molecule has 0 saturated heterocycles. The summed E-state index contributed by atoms with van der Waals surface area (Å²) in [6.07, 6.45) is 0. The zero-order valence-electron chi connectivity index (χ0n) is 24.2. The van der Waals surface area contributed by atoms with E-state index in [4.69, 9.17) is 0 Å². The Morgan fingerprint density at radius 1 is 0.444 bits per heavy atom. The first kappa shape index (κ1) is 26.5. The van der Waals surface area contributed by atoms with Crippen LogP contribution in [-0.4, -0.2) is 14.1 Å². The lowest BCUT2D eigenvalue weighted by Crippen LogP contribution is -2.40. The van der Waals surface area contributed by atoms with Crippen LogP contribution in [0.15, 0.2) is 173 Å². The van der Waals surface area contributed by atoms with Gasteiger partial charge in [0.2, 0.25) is 0 Å². The predicted molar refractivity (Wildman–Crippen MR) is 178 cm³/mol. The zero-order chi connectivity index (χ0) is 30.4. The van der Waals surface area contributed by atoms with E-state index in [2.05, 4.69) is 77.8 Å². The van der Waals surface area contributed by atoms with Gasteiger partial charge in [0.1, 0.15) is 0 Å². The van der Waals surface area contributed by atoms with Gasteiger partial charge in [-0.2, -0.15) is 4.98 Å². The molecule has 0 amide bonds. The van der Waals surface area contributed by atoms with Crippen LogP contribution in [-0.2, 0) is 5.41 Å². The molecule has 0 aliphatic heterocycles. The molecule has 1 heterocycles. The fourth-order valence-corrected chi connectivity index (χ4v) is 6.93. The highest BCUT2D eigenvalue weighted by atomic mass is 16.2. The third-order valence-electron chi connectivity index (χ3n) is 8.74. The van der Waals surface area contributed by atoms with Crippen molar-refractivity contribution in [1.82, 2.24) is 14.1 Å². The molecule has 0 fully saturated rings. The van der Waals surface area contributed by atoms with Crippen molar-refractivity contribution in [2.45, 2.75) is 5.41 Å². The molecule has 1 aromatic heterocycles. The van der Waals surface area contributed by atoms with Gasteiger partial charge in [-0.15, -0.1) is 0 Å².